The third kappa shape index (κ3) is 3.45. The largest absolute Gasteiger partial charge is 0.497 e. The molecule has 0 atom stereocenters. The predicted octanol–water partition coefficient (Wildman–Crippen LogP) is 3.33. The molecule has 0 aliphatic carbocycles. The lowest BCUT2D eigenvalue weighted by molar-refractivity contribution is 0.0526. The maximum atomic E-state index is 12.2. The summed E-state index contributed by atoms with van der Waals surface area (Å²) in [6, 6.07) is 12.5. The molecule has 0 saturated carbocycles. The Labute approximate surface area is 166 Å². The molecular weight excluding hydrogens is 374 g/mol. The molecule has 0 unspecified atom stereocenters. The first-order valence-corrected chi connectivity index (χ1v) is 9.05. The lowest BCUT2D eigenvalue weighted by atomic mass is 10.0. The number of rotatable bonds is 6. The van der Waals surface area contributed by atoms with Gasteiger partial charge in [-0.3, -0.25) is 0 Å². The molecular formula is C21H19N3O5. The van der Waals surface area contributed by atoms with Crippen LogP contribution in [0.25, 0.3) is 28.0 Å². The highest BCUT2D eigenvalue weighted by Crippen LogP contribution is 2.35. The van der Waals surface area contributed by atoms with Crippen molar-refractivity contribution in [2.45, 2.75) is 13.5 Å². The molecule has 0 bridgehead atoms. The first kappa shape index (κ1) is 18.7. The highest BCUT2D eigenvalue weighted by atomic mass is 16.5. The molecule has 3 aromatic heterocycles. The number of aliphatic hydroxyl groups is 1. The number of nitrogens with zero attached hydrogens (tertiary/aromatic N) is 3. The molecule has 0 saturated heterocycles. The summed E-state index contributed by atoms with van der Waals surface area (Å²) in [6.07, 6.45) is 1.70. The van der Waals surface area contributed by atoms with Crippen LogP contribution in [0.15, 0.2) is 53.2 Å². The molecule has 29 heavy (non-hydrogen) atoms. The van der Waals surface area contributed by atoms with Crippen LogP contribution >= 0.6 is 0 Å². The molecule has 4 rings (SSSR count). The van der Waals surface area contributed by atoms with E-state index < -0.39 is 5.97 Å². The summed E-state index contributed by atoms with van der Waals surface area (Å²) in [5.74, 6) is 0.651. The van der Waals surface area contributed by atoms with Crippen molar-refractivity contribution in [2.75, 3.05) is 13.7 Å². The van der Waals surface area contributed by atoms with Crippen LogP contribution in [0.4, 0.5) is 0 Å². The van der Waals surface area contributed by atoms with E-state index in [1.165, 1.54) is 0 Å². The van der Waals surface area contributed by atoms with E-state index >= 15 is 0 Å². The number of benzene rings is 1. The van der Waals surface area contributed by atoms with E-state index in [1.54, 1.807) is 42.9 Å². The maximum absolute atomic E-state index is 12.2. The number of carbonyl (C=O) groups is 1. The second-order valence-corrected chi connectivity index (χ2v) is 6.25. The molecule has 0 fully saturated rings. The molecule has 0 aliphatic heterocycles. The summed E-state index contributed by atoms with van der Waals surface area (Å²) in [4.78, 5) is 12.2. The van der Waals surface area contributed by atoms with Gasteiger partial charge >= 0.3 is 5.97 Å². The molecule has 1 aromatic carbocycles. The van der Waals surface area contributed by atoms with Crippen LogP contribution < -0.4 is 4.74 Å². The van der Waals surface area contributed by atoms with Gasteiger partial charge in [-0.05, 0) is 43.3 Å². The minimum atomic E-state index is -0.413. The number of aliphatic hydroxyl groups excluding tert-OH is 1. The van der Waals surface area contributed by atoms with E-state index in [0.717, 1.165) is 11.3 Å². The summed E-state index contributed by atoms with van der Waals surface area (Å²) in [6.45, 7) is 1.78. The Morgan fingerprint density at radius 1 is 1.21 bits per heavy atom. The number of ether oxygens (including phenoxy) is 2. The Bertz CT molecular complexity index is 1160. The number of hydrogen-bond acceptors (Lipinski definition) is 7. The van der Waals surface area contributed by atoms with Crippen molar-refractivity contribution in [3.8, 4) is 28.3 Å². The van der Waals surface area contributed by atoms with E-state index in [2.05, 4.69) is 10.3 Å². The minimum Gasteiger partial charge on any atom is -0.497 e. The van der Waals surface area contributed by atoms with Gasteiger partial charge in [0.1, 0.15) is 23.7 Å². The van der Waals surface area contributed by atoms with Crippen LogP contribution in [0.1, 0.15) is 23.0 Å². The van der Waals surface area contributed by atoms with Crippen molar-refractivity contribution in [3.63, 3.8) is 0 Å². The number of esters is 1. The Kier molecular flexibility index (Phi) is 5.01. The Hall–Kier alpha value is -3.65. The third-order valence-electron chi connectivity index (χ3n) is 4.48. The average molecular weight is 393 g/mol. The van der Waals surface area contributed by atoms with Gasteiger partial charge in [0.2, 0.25) is 0 Å². The van der Waals surface area contributed by atoms with Crippen LogP contribution in [0.5, 0.6) is 5.75 Å². The zero-order chi connectivity index (χ0) is 20.4. The molecule has 8 nitrogen and oxygen atoms in total. The summed E-state index contributed by atoms with van der Waals surface area (Å²) in [5, 5.41) is 18.1. The third-order valence-corrected chi connectivity index (χ3v) is 4.48. The van der Waals surface area contributed by atoms with Crippen molar-refractivity contribution < 1.29 is 23.9 Å². The second kappa shape index (κ2) is 7.76. The van der Waals surface area contributed by atoms with Gasteiger partial charge in [0.15, 0.2) is 5.76 Å². The fourth-order valence-electron chi connectivity index (χ4n) is 3.10. The maximum Gasteiger partial charge on any atom is 0.338 e. The first-order valence-electron chi connectivity index (χ1n) is 9.05. The SMILES string of the molecule is CCOC(=O)c1ccn2nc(-c3ccc(OC)cc3)c(-c3cc(CO)on3)c2c1. The molecule has 0 radical (unpaired) electrons. The number of aromatic nitrogens is 3. The van der Waals surface area contributed by atoms with Gasteiger partial charge in [0.05, 0.1) is 30.4 Å². The highest BCUT2D eigenvalue weighted by Gasteiger charge is 2.21. The van der Waals surface area contributed by atoms with Gasteiger partial charge in [-0.25, -0.2) is 9.31 Å². The molecule has 4 aromatic rings. The van der Waals surface area contributed by atoms with Crippen LogP contribution in [0, 0.1) is 0 Å². The van der Waals surface area contributed by atoms with Crippen LogP contribution in [0.3, 0.4) is 0 Å². The fourth-order valence-corrected chi connectivity index (χ4v) is 3.10. The van der Waals surface area contributed by atoms with Gasteiger partial charge in [-0.15, -0.1) is 0 Å². The van der Waals surface area contributed by atoms with Gasteiger partial charge in [0.25, 0.3) is 0 Å². The highest BCUT2D eigenvalue weighted by molar-refractivity contribution is 5.96. The van der Waals surface area contributed by atoms with E-state index in [0.29, 0.717) is 33.8 Å². The van der Waals surface area contributed by atoms with E-state index in [1.807, 2.05) is 24.3 Å². The molecule has 0 aliphatic rings. The molecule has 1 N–H and O–H groups in total. The number of fused-ring (bicyclic) bond motifs is 1. The predicted molar refractivity (Wildman–Crippen MR) is 105 cm³/mol. The van der Waals surface area contributed by atoms with E-state index in [4.69, 9.17) is 14.0 Å². The molecule has 0 amide bonds. The Balaban J connectivity index is 1.93. The smallest absolute Gasteiger partial charge is 0.338 e. The summed E-state index contributed by atoms with van der Waals surface area (Å²) < 4.78 is 17.2. The number of methoxy groups -OCH3 is 1. The normalized spacial score (nSPS) is 11.0. The zero-order valence-corrected chi connectivity index (χ0v) is 16.0. The van der Waals surface area contributed by atoms with Crippen molar-refractivity contribution in [1.82, 2.24) is 14.8 Å². The number of pyridine rings is 1. The second-order valence-electron chi connectivity index (χ2n) is 6.25. The van der Waals surface area contributed by atoms with E-state index in [9.17, 15) is 9.90 Å². The molecule has 148 valence electrons. The van der Waals surface area contributed by atoms with Gasteiger partial charge < -0.3 is 19.1 Å². The van der Waals surface area contributed by atoms with Crippen molar-refractivity contribution in [2.24, 2.45) is 0 Å². The molecule has 3 heterocycles. The lowest BCUT2D eigenvalue weighted by Crippen LogP contribution is -2.05. The topological polar surface area (TPSA) is 99.1 Å². The number of carbonyl (C=O) groups excluding carboxylic acids is 1. The van der Waals surface area contributed by atoms with Gasteiger partial charge in [-0.1, -0.05) is 5.16 Å². The van der Waals surface area contributed by atoms with Crippen molar-refractivity contribution >= 4 is 11.5 Å². The van der Waals surface area contributed by atoms with Crippen molar-refractivity contribution in [3.05, 3.63) is 60.0 Å². The summed E-state index contributed by atoms with van der Waals surface area (Å²) in [5.41, 5.74) is 3.77. The average Bonchev–Trinajstić information content (AvgIpc) is 3.37. The van der Waals surface area contributed by atoms with Gasteiger partial charge in [0, 0.05) is 17.8 Å². The number of hydrogen-bond donors (Lipinski definition) is 1. The summed E-state index contributed by atoms with van der Waals surface area (Å²) >= 11 is 0. The molecule has 8 heteroatoms. The standard InChI is InChI=1S/C21H19N3O5/c1-3-28-21(26)14-8-9-24-18(10-14)19(17-11-16(12-25)29-23-17)20(22-24)13-4-6-15(27-2)7-5-13/h4-11,25H,3,12H2,1-2H3. The lowest BCUT2D eigenvalue weighted by Gasteiger charge is -2.03. The van der Waals surface area contributed by atoms with Crippen LogP contribution in [0.2, 0.25) is 0 Å². The Morgan fingerprint density at radius 3 is 2.66 bits per heavy atom. The fraction of sp³-hybridized carbons (Fsp3) is 0.190. The van der Waals surface area contributed by atoms with Crippen molar-refractivity contribution in [1.29, 1.82) is 0 Å². The minimum absolute atomic E-state index is 0.266. The summed E-state index contributed by atoms with van der Waals surface area (Å²) in [7, 11) is 1.61. The molecule has 0 spiro atoms. The van der Waals surface area contributed by atoms with E-state index in [-0.39, 0.29) is 13.2 Å². The van der Waals surface area contributed by atoms with Gasteiger partial charge in [-0.2, -0.15) is 5.10 Å². The quantitative estimate of drug-likeness (QED) is 0.502. The first-order chi connectivity index (χ1) is 14.1. The van der Waals surface area contributed by atoms with Crippen LogP contribution in [-0.2, 0) is 11.3 Å². The Morgan fingerprint density at radius 2 is 2.00 bits per heavy atom. The zero-order valence-electron chi connectivity index (χ0n) is 16.0. The van der Waals surface area contributed by atoms with Crippen LogP contribution in [-0.4, -0.2) is 39.6 Å². The monoisotopic (exact) mass is 393 g/mol.